The van der Waals surface area contributed by atoms with Crippen LogP contribution in [0.2, 0.25) is 0 Å². The largest absolute Gasteiger partial charge is 0.310 e. The lowest BCUT2D eigenvalue weighted by Crippen LogP contribution is -2.25. The zero-order valence-electron chi connectivity index (χ0n) is 11.6. The van der Waals surface area contributed by atoms with Crippen molar-refractivity contribution in [3.63, 3.8) is 0 Å². The monoisotopic (exact) mass is 297 g/mol. The molecule has 0 aliphatic heterocycles. The van der Waals surface area contributed by atoms with Gasteiger partial charge in [0.2, 0.25) is 0 Å². The number of rotatable bonds is 4. The third-order valence-corrected chi connectivity index (χ3v) is 3.74. The average molecular weight is 298 g/mol. The molecule has 0 aromatic heterocycles. The van der Waals surface area contributed by atoms with Crippen LogP contribution < -0.4 is 5.32 Å². The Balaban J connectivity index is 2.93. The van der Waals surface area contributed by atoms with Crippen LogP contribution in [0.5, 0.6) is 0 Å². The zero-order chi connectivity index (χ0) is 13.1. The van der Waals surface area contributed by atoms with E-state index in [-0.39, 0.29) is 0 Å². The highest BCUT2D eigenvalue weighted by atomic mass is 79.9. The zero-order valence-corrected chi connectivity index (χ0v) is 13.2. The molecule has 0 amide bonds. The van der Waals surface area contributed by atoms with E-state index in [0.29, 0.717) is 11.5 Å². The van der Waals surface area contributed by atoms with Gasteiger partial charge in [0.1, 0.15) is 0 Å². The molecule has 1 unspecified atom stereocenters. The van der Waals surface area contributed by atoms with Crippen molar-refractivity contribution in [1.82, 2.24) is 5.32 Å². The summed E-state index contributed by atoms with van der Waals surface area (Å²) in [5.41, 5.74) is 3.04. The van der Waals surface area contributed by atoms with Crippen molar-refractivity contribution < 1.29 is 0 Å². The second-order valence-corrected chi connectivity index (χ2v) is 6.74. The molecule has 0 radical (unpaired) electrons. The van der Waals surface area contributed by atoms with Crippen molar-refractivity contribution in [3.8, 4) is 0 Å². The Morgan fingerprint density at radius 1 is 1.29 bits per heavy atom. The molecule has 1 aromatic carbocycles. The van der Waals surface area contributed by atoms with Crippen LogP contribution in [-0.2, 0) is 0 Å². The molecule has 1 N–H and O–H groups in total. The van der Waals surface area contributed by atoms with Crippen molar-refractivity contribution in [2.45, 2.75) is 47.1 Å². The molecule has 0 aliphatic carbocycles. The smallest absolute Gasteiger partial charge is 0.0325 e. The van der Waals surface area contributed by atoms with Crippen LogP contribution in [0, 0.1) is 12.3 Å². The second-order valence-electron chi connectivity index (χ2n) is 5.88. The molecule has 0 heterocycles. The molecule has 1 atom stereocenters. The molecule has 0 fully saturated rings. The summed E-state index contributed by atoms with van der Waals surface area (Å²) in [6, 6.07) is 7.10. The minimum Gasteiger partial charge on any atom is -0.310 e. The minimum absolute atomic E-state index is 0.341. The van der Waals surface area contributed by atoms with Crippen molar-refractivity contribution in [2.75, 3.05) is 6.54 Å². The van der Waals surface area contributed by atoms with Gasteiger partial charge in [-0.2, -0.15) is 0 Å². The summed E-state index contributed by atoms with van der Waals surface area (Å²) in [6.07, 6.45) is 1.15. The molecule has 17 heavy (non-hydrogen) atoms. The van der Waals surface area contributed by atoms with Gasteiger partial charge in [-0.3, -0.25) is 0 Å². The molecule has 0 aliphatic rings. The molecular weight excluding hydrogens is 274 g/mol. The quantitative estimate of drug-likeness (QED) is 0.838. The first kappa shape index (κ1) is 14.7. The fourth-order valence-electron chi connectivity index (χ4n) is 2.05. The van der Waals surface area contributed by atoms with Crippen LogP contribution in [0.15, 0.2) is 22.7 Å². The minimum atomic E-state index is 0.341. The van der Waals surface area contributed by atoms with Gasteiger partial charge in [-0.05, 0) is 42.5 Å². The van der Waals surface area contributed by atoms with Crippen LogP contribution in [0.4, 0.5) is 0 Å². The van der Waals surface area contributed by atoms with Gasteiger partial charge in [-0.1, -0.05) is 55.8 Å². The van der Waals surface area contributed by atoms with Gasteiger partial charge in [-0.15, -0.1) is 0 Å². The Morgan fingerprint density at radius 3 is 2.41 bits per heavy atom. The lowest BCUT2D eigenvalue weighted by atomic mass is 9.85. The number of nitrogens with one attached hydrogen (secondary N) is 1. The lowest BCUT2D eigenvalue weighted by molar-refractivity contribution is 0.314. The molecule has 0 bridgehead atoms. The summed E-state index contributed by atoms with van der Waals surface area (Å²) >= 11 is 3.56. The van der Waals surface area contributed by atoms with Crippen LogP contribution in [0.3, 0.4) is 0 Å². The van der Waals surface area contributed by atoms with E-state index < -0.39 is 0 Å². The molecular formula is C15H24BrN. The molecule has 1 nitrogen and oxygen atoms in total. The van der Waals surface area contributed by atoms with Crippen LogP contribution in [-0.4, -0.2) is 6.54 Å². The standard InChI is InChI=1S/C15H24BrN/c1-6-17-14(10-15(3,4)5)12-7-8-13(16)11(2)9-12/h7-9,14,17H,6,10H2,1-5H3. The van der Waals surface area contributed by atoms with Gasteiger partial charge in [0.05, 0.1) is 0 Å². The molecule has 96 valence electrons. The van der Waals surface area contributed by atoms with Gasteiger partial charge in [0.15, 0.2) is 0 Å². The fourth-order valence-corrected chi connectivity index (χ4v) is 2.30. The van der Waals surface area contributed by atoms with E-state index in [1.165, 1.54) is 15.6 Å². The molecule has 2 heteroatoms. The Labute approximate surface area is 114 Å². The summed E-state index contributed by atoms with van der Waals surface area (Å²) in [5, 5.41) is 3.59. The second kappa shape index (κ2) is 6.01. The van der Waals surface area contributed by atoms with E-state index in [4.69, 9.17) is 0 Å². The van der Waals surface area contributed by atoms with Gasteiger partial charge in [0, 0.05) is 10.5 Å². The summed E-state index contributed by atoms with van der Waals surface area (Å²) in [5.74, 6) is 0. The Morgan fingerprint density at radius 2 is 1.94 bits per heavy atom. The third kappa shape index (κ3) is 4.81. The molecule has 1 rings (SSSR count). The number of hydrogen-bond donors (Lipinski definition) is 1. The van der Waals surface area contributed by atoms with Crippen molar-refractivity contribution >= 4 is 15.9 Å². The number of benzene rings is 1. The van der Waals surface area contributed by atoms with Crippen LogP contribution >= 0.6 is 15.9 Å². The fraction of sp³-hybridized carbons (Fsp3) is 0.600. The maximum Gasteiger partial charge on any atom is 0.0325 e. The lowest BCUT2D eigenvalue weighted by Gasteiger charge is -2.27. The summed E-state index contributed by atoms with van der Waals surface area (Å²) in [7, 11) is 0. The summed E-state index contributed by atoms with van der Waals surface area (Å²) in [6.45, 7) is 12.2. The van der Waals surface area contributed by atoms with E-state index in [9.17, 15) is 0 Å². The van der Waals surface area contributed by atoms with Crippen molar-refractivity contribution in [2.24, 2.45) is 5.41 Å². The number of aryl methyl sites for hydroxylation is 1. The van der Waals surface area contributed by atoms with Gasteiger partial charge >= 0.3 is 0 Å². The first-order chi connectivity index (χ1) is 7.83. The first-order valence-electron chi connectivity index (χ1n) is 6.33. The predicted molar refractivity (Wildman–Crippen MR) is 79.4 cm³/mol. The maximum absolute atomic E-state index is 3.59. The average Bonchev–Trinajstić information content (AvgIpc) is 2.19. The van der Waals surface area contributed by atoms with E-state index >= 15 is 0 Å². The highest BCUT2D eigenvalue weighted by Crippen LogP contribution is 2.30. The summed E-state index contributed by atoms with van der Waals surface area (Å²) < 4.78 is 1.19. The summed E-state index contributed by atoms with van der Waals surface area (Å²) in [4.78, 5) is 0. The SMILES string of the molecule is CCNC(CC(C)(C)C)c1ccc(Br)c(C)c1. The molecule has 1 aromatic rings. The van der Waals surface area contributed by atoms with Gasteiger partial charge in [0.25, 0.3) is 0 Å². The molecule has 0 saturated heterocycles. The van der Waals surface area contributed by atoms with E-state index in [2.05, 4.69) is 74.1 Å². The number of halogens is 1. The Bertz CT molecular complexity index is 366. The van der Waals surface area contributed by atoms with Gasteiger partial charge < -0.3 is 5.32 Å². The molecule has 0 spiro atoms. The topological polar surface area (TPSA) is 12.0 Å². The van der Waals surface area contributed by atoms with E-state index in [1.807, 2.05) is 0 Å². The maximum atomic E-state index is 3.59. The van der Waals surface area contributed by atoms with Crippen molar-refractivity contribution in [1.29, 1.82) is 0 Å². The Hall–Kier alpha value is -0.340. The van der Waals surface area contributed by atoms with Crippen LogP contribution in [0.1, 0.15) is 51.3 Å². The molecule has 0 saturated carbocycles. The van der Waals surface area contributed by atoms with E-state index in [0.717, 1.165) is 13.0 Å². The van der Waals surface area contributed by atoms with Crippen LogP contribution in [0.25, 0.3) is 0 Å². The third-order valence-electron chi connectivity index (χ3n) is 2.85. The van der Waals surface area contributed by atoms with Crippen molar-refractivity contribution in [3.05, 3.63) is 33.8 Å². The van der Waals surface area contributed by atoms with Gasteiger partial charge in [-0.25, -0.2) is 0 Å². The predicted octanol–water partition coefficient (Wildman–Crippen LogP) is 4.84. The first-order valence-corrected chi connectivity index (χ1v) is 7.12. The highest BCUT2D eigenvalue weighted by molar-refractivity contribution is 9.10. The van der Waals surface area contributed by atoms with E-state index in [1.54, 1.807) is 0 Å². The normalized spacial score (nSPS) is 13.8. The Kier molecular flexibility index (Phi) is 5.21. The highest BCUT2D eigenvalue weighted by Gasteiger charge is 2.19. The number of hydrogen-bond acceptors (Lipinski definition) is 1.